The van der Waals surface area contributed by atoms with E-state index in [0.717, 1.165) is 17.8 Å². The number of aryl methyl sites for hydroxylation is 1. The van der Waals surface area contributed by atoms with E-state index in [9.17, 15) is 0 Å². The molecular formula is C23H32N2. The summed E-state index contributed by atoms with van der Waals surface area (Å²) in [7, 11) is 1.98. The maximum Gasteiger partial charge on any atom is 0.0546 e. The molecule has 0 aromatic heterocycles. The van der Waals surface area contributed by atoms with Crippen molar-refractivity contribution in [1.82, 2.24) is 5.32 Å². The summed E-state index contributed by atoms with van der Waals surface area (Å²) >= 11 is 0. The average Bonchev–Trinajstić information content (AvgIpc) is 2.66. The Hall–Kier alpha value is -2.06. The van der Waals surface area contributed by atoms with Gasteiger partial charge in [0.05, 0.1) is 5.54 Å². The smallest absolute Gasteiger partial charge is 0.0546 e. The van der Waals surface area contributed by atoms with Crippen molar-refractivity contribution in [2.45, 2.75) is 52.0 Å². The van der Waals surface area contributed by atoms with E-state index >= 15 is 0 Å². The van der Waals surface area contributed by atoms with Crippen LogP contribution in [0.2, 0.25) is 0 Å². The second kappa shape index (κ2) is 8.87. The molecule has 0 spiro atoms. The SMILES string of the molecule is C=C(Nc1ccc(-c2ccc(CCCC)cc2)cc1)C(C)(CC)NC. The highest BCUT2D eigenvalue weighted by molar-refractivity contribution is 5.67. The second-order valence-electron chi connectivity index (χ2n) is 6.92. The zero-order chi connectivity index (χ0) is 18.3. The Bertz CT molecular complexity index is 664. The van der Waals surface area contributed by atoms with E-state index < -0.39 is 0 Å². The molecule has 2 heteroatoms. The van der Waals surface area contributed by atoms with Gasteiger partial charge >= 0.3 is 0 Å². The number of rotatable bonds is 9. The standard InChI is InChI=1S/C23H32N2/c1-6-8-9-19-10-12-20(13-11-19)21-14-16-22(17-15-21)25-18(3)23(4,7-2)24-5/h10-17,24-25H,3,6-9H2,1-2,4-5H3. The van der Waals surface area contributed by atoms with Crippen LogP contribution in [0.25, 0.3) is 11.1 Å². The maximum absolute atomic E-state index is 4.20. The third-order valence-corrected chi connectivity index (χ3v) is 5.21. The molecule has 0 aliphatic heterocycles. The number of anilines is 1. The Morgan fingerprint density at radius 2 is 1.52 bits per heavy atom. The Morgan fingerprint density at radius 1 is 0.960 bits per heavy atom. The first-order valence-electron chi connectivity index (χ1n) is 9.37. The quantitative estimate of drug-likeness (QED) is 0.586. The number of unbranched alkanes of at least 4 members (excludes halogenated alkanes) is 1. The highest BCUT2D eigenvalue weighted by Crippen LogP contribution is 2.25. The van der Waals surface area contributed by atoms with Crippen LogP contribution in [-0.2, 0) is 6.42 Å². The van der Waals surface area contributed by atoms with E-state index in [4.69, 9.17) is 0 Å². The van der Waals surface area contributed by atoms with Gasteiger partial charge < -0.3 is 10.6 Å². The first-order chi connectivity index (χ1) is 12.0. The van der Waals surface area contributed by atoms with Crippen LogP contribution < -0.4 is 10.6 Å². The van der Waals surface area contributed by atoms with E-state index in [1.807, 2.05) is 7.05 Å². The lowest BCUT2D eigenvalue weighted by molar-refractivity contribution is 0.440. The fourth-order valence-electron chi connectivity index (χ4n) is 2.84. The highest BCUT2D eigenvalue weighted by Gasteiger charge is 2.23. The van der Waals surface area contributed by atoms with Crippen molar-refractivity contribution >= 4 is 5.69 Å². The van der Waals surface area contributed by atoms with E-state index in [0.29, 0.717) is 0 Å². The molecule has 0 heterocycles. The van der Waals surface area contributed by atoms with Gasteiger partial charge in [-0.15, -0.1) is 0 Å². The van der Waals surface area contributed by atoms with Crippen LogP contribution in [0.3, 0.4) is 0 Å². The molecule has 25 heavy (non-hydrogen) atoms. The molecule has 0 saturated heterocycles. The molecule has 1 unspecified atom stereocenters. The Morgan fingerprint density at radius 3 is 2.00 bits per heavy atom. The molecule has 0 aliphatic carbocycles. The predicted molar refractivity (Wildman–Crippen MR) is 111 cm³/mol. The molecule has 2 aromatic rings. The van der Waals surface area contributed by atoms with Gasteiger partial charge in [0, 0.05) is 11.4 Å². The molecule has 2 rings (SSSR count). The summed E-state index contributed by atoms with van der Waals surface area (Å²) in [6.45, 7) is 10.8. The van der Waals surface area contributed by atoms with Gasteiger partial charge in [0.2, 0.25) is 0 Å². The minimum atomic E-state index is -0.104. The maximum atomic E-state index is 4.20. The van der Waals surface area contributed by atoms with Crippen LogP contribution in [0.1, 0.15) is 45.6 Å². The summed E-state index contributed by atoms with van der Waals surface area (Å²) in [6, 6.07) is 17.5. The van der Waals surface area contributed by atoms with Crippen molar-refractivity contribution in [1.29, 1.82) is 0 Å². The molecule has 0 amide bonds. The normalized spacial score (nSPS) is 13.3. The van der Waals surface area contributed by atoms with Crippen LogP contribution in [0.15, 0.2) is 60.8 Å². The lowest BCUT2D eigenvalue weighted by atomic mass is 9.95. The molecule has 0 radical (unpaired) electrons. The first kappa shape index (κ1) is 19.3. The summed E-state index contributed by atoms with van der Waals surface area (Å²) in [5.41, 5.74) is 5.89. The molecule has 2 aromatic carbocycles. The third-order valence-electron chi connectivity index (χ3n) is 5.21. The minimum Gasteiger partial charge on any atom is -0.358 e. The van der Waals surface area contributed by atoms with Gasteiger partial charge in [-0.05, 0) is 62.1 Å². The molecule has 0 fully saturated rings. The summed E-state index contributed by atoms with van der Waals surface area (Å²) < 4.78 is 0. The largest absolute Gasteiger partial charge is 0.358 e. The fraction of sp³-hybridized carbons (Fsp3) is 0.391. The predicted octanol–water partition coefficient (Wildman–Crippen LogP) is 6.01. The van der Waals surface area contributed by atoms with Gasteiger partial charge in [0.25, 0.3) is 0 Å². The van der Waals surface area contributed by atoms with Crippen molar-refractivity contribution in [2.24, 2.45) is 0 Å². The summed E-state index contributed by atoms with van der Waals surface area (Å²) in [6.07, 6.45) is 4.65. The fourth-order valence-corrected chi connectivity index (χ4v) is 2.84. The lowest BCUT2D eigenvalue weighted by Crippen LogP contribution is -2.43. The molecule has 134 valence electrons. The van der Waals surface area contributed by atoms with Crippen molar-refractivity contribution in [2.75, 3.05) is 12.4 Å². The first-order valence-corrected chi connectivity index (χ1v) is 9.37. The average molecular weight is 337 g/mol. The molecular weight excluding hydrogens is 304 g/mol. The van der Waals surface area contributed by atoms with Crippen molar-refractivity contribution < 1.29 is 0 Å². The van der Waals surface area contributed by atoms with E-state index in [-0.39, 0.29) is 5.54 Å². The van der Waals surface area contributed by atoms with E-state index in [2.05, 4.69) is 86.5 Å². The van der Waals surface area contributed by atoms with Gasteiger partial charge in [-0.1, -0.05) is 63.2 Å². The van der Waals surface area contributed by atoms with Gasteiger partial charge in [-0.2, -0.15) is 0 Å². The monoisotopic (exact) mass is 336 g/mol. The molecule has 2 N–H and O–H groups in total. The van der Waals surface area contributed by atoms with Gasteiger partial charge in [-0.3, -0.25) is 0 Å². The van der Waals surface area contributed by atoms with Crippen LogP contribution in [-0.4, -0.2) is 12.6 Å². The summed E-state index contributed by atoms with van der Waals surface area (Å²) in [5, 5.41) is 6.78. The van der Waals surface area contributed by atoms with Crippen molar-refractivity contribution in [3.05, 3.63) is 66.4 Å². The molecule has 2 nitrogen and oxygen atoms in total. The highest BCUT2D eigenvalue weighted by atomic mass is 15.0. The number of benzene rings is 2. The molecule has 0 aliphatic rings. The Labute approximate surface area is 153 Å². The van der Waals surface area contributed by atoms with Crippen LogP contribution in [0.4, 0.5) is 5.69 Å². The number of likely N-dealkylation sites (N-methyl/N-ethyl adjacent to an activating group) is 1. The summed E-state index contributed by atoms with van der Waals surface area (Å²) in [4.78, 5) is 0. The van der Waals surface area contributed by atoms with Crippen molar-refractivity contribution in [3.63, 3.8) is 0 Å². The van der Waals surface area contributed by atoms with Gasteiger partial charge in [0.1, 0.15) is 0 Å². The van der Waals surface area contributed by atoms with Crippen LogP contribution in [0.5, 0.6) is 0 Å². The number of hydrogen-bond acceptors (Lipinski definition) is 2. The number of nitrogens with one attached hydrogen (secondary N) is 2. The van der Waals surface area contributed by atoms with Gasteiger partial charge in [0.15, 0.2) is 0 Å². The van der Waals surface area contributed by atoms with Crippen LogP contribution in [0, 0.1) is 0 Å². The topological polar surface area (TPSA) is 24.1 Å². The van der Waals surface area contributed by atoms with Crippen LogP contribution >= 0.6 is 0 Å². The Balaban J connectivity index is 2.05. The molecule has 1 atom stereocenters. The van der Waals surface area contributed by atoms with Crippen molar-refractivity contribution in [3.8, 4) is 11.1 Å². The van der Waals surface area contributed by atoms with Gasteiger partial charge in [-0.25, -0.2) is 0 Å². The zero-order valence-electron chi connectivity index (χ0n) is 16.2. The zero-order valence-corrected chi connectivity index (χ0v) is 16.2. The minimum absolute atomic E-state index is 0.104. The molecule has 0 bridgehead atoms. The second-order valence-corrected chi connectivity index (χ2v) is 6.92. The van der Waals surface area contributed by atoms with E-state index in [1.54, 1.807) is 0 Å². The molecule has 0 saturated carbocycles. The third kappa shape index (κ3) is 4.96. The van der Waals surface area contributed by atoms with E-state index in [1.165, 1.54) is 36.0 Å². The Kier molecular flexibility index (Phi) is 6.83. The summed E-state index contributed by atoms with van der Waals surface area (Å²) in [5.74, 6) is 0. The lowest BCUT2D eigenvalue weighted by Gasteiger charge is -2.31. The number of hydrogen-bond donors (Lipinski definition) is 2.